The Balaban J connectivity index is 2.99. The number of carboxylic acids is 1. The minimum Gasteiger partial charge on any atom is -0.478 e. The lowest BCUT2D eigenvalue weighted by atomic mass is 10.2. The summed E-state index contributed by atoms with van der Waals surface area (Å²) < 4.78 is 2.12. The summed E-state index contributed by atoms with van der Waals surface area (Å²) in [6.45, 7) is 5.99. The Hall–Kier alpha value is -0.900. The smallest absolute Gasteiger partial charge is 0.337 e. The fourth-order valence-corrected chi connectivity index (χ4v) is 2.67. The van der Waals surface area contributed by atoms with Crippen LogP contribution in [0.3, 0.4) is 0 Å². The maximum atomic E-state index is 11.0. The van der Waals surface area contributed by atoms with Crippen LogP contribution in [-0.4, -0.2) is 27.7 Å². The molecule has 0 aliphatic rings. The van der Waals surface area contributed by atoms with Crippen molar-refractivity contribution in [1.29, 1.82) is 0 Å². The molecule has 1 aromatic heterocycles. The van der Waals surface area contributed by atoms with Crippen LogP contribution >= 0.6 is 11.8 Å². The minimum absolute atomic E-state index is 0.362. The van der Waals surface area contributed by atoms with Gasteiger partial charge in [0.25, 0.3) is 0 Å². The highest BCUT2D eigenvalue weighted by molar-refractivity contribution is 7.98. The van der Waals surface area contributed by atoms with Crippen LogP contribution in [0, 0.1) is 13.8 Å². The molecule has 0 fully saturated rings. The molecule has 0 aromatic carbocycles. The average molecular weight is 241 g/mol. The topological polar surface area (TPSA) is 42.2 Å². The first kappa shape index (κ1) is 13.2. The van der Waals surface area contributed by atoms with Gasteiger partial charge < -0.3 is 9.67 Å². The molecule has 0 aliphatic heterocycles. The SMILES string of the molecule is CSCCC(C)n1c(C)cc(C(=O)O)c1C. The standard InChI is InChI=1S/C12H19NO2S/c1-8(5-6-16-4)13-9(2)7-11(10(13)3)12(14)15/h7-8H,5-6H2,1-4H3,(H,14,15). The van der Waals surface area contributed by atoms with Crippen LogP contribution in [0.2, 0.25) is 0 Å². The molecule has 0 radical (unpaired) electrons. The highest BCUT2D eigenvalue weighted by Gasteiger charge is 2.17. The molecule has 0 amide bonds. The Bertz CT molecular complexity index is 385. The maximum Gasteiger partial charge on any atom is 0.337 e. The van der Waals surface area contributed by atoms with E-state index < -0.39 is 5.97 Å². The summed E-state index contributed by atoms with van der Waals surface area (Å²) >= 11 is 1.82. The molecule has 1 atom stereocenters. The van der Waals surface area contributed by atoms with Crippen molar-refractivity contribution in [1.82, 2.24) is 4.57 Å². The molecule has 1 heterocycles. The number of hydrogen-bond acceptors (Lipinski definition) is 2. The normalized spacial score (nSPS) is 12.8. The van der Waals surface area contributed by atoms with E-state index in [1.165, 1.54) is 0 Å². The van der Waals surface area contributed by atoms with Gasteiger partial charge in [-0.3, -0.25) is 0 Å². The van der Waals surface area contributed by atoms with Crippen molar-refractivity contribution in [3.8, 4) is 0 Å². The van der Waals surface area contributed by atoms with Crippen molar-refractivity contribution in [2.75, 3.05) is 12.0 Å². The van der Waals surface area contributed by atoms with Gasteiger partial charge >= 0.3 is 5.97 Å². The summed E-state index contributed by atoms with van der Waals surface area (Å²) in [6, 6.07) is 2.12. The Kier molecular flexibility index (Phi) is 4.47. The van der Waals surface area contributed by atoms with Gasteiger partial charge in [-0.25, -0.2) is 4.79 Å². The number of nitrogens with zero attached hydrogens (tertiary/aromatic N) is 1. The number of thioether (sulfide) groups is 1. The zero-order chi connectivity index (χ0) is 12.3. The first-order valence-electron chi connectivity index (χ1n) is 5.39. The van der Waals surface area contributed by atoms with E-state index in [0.717, 1.165) is 23.6 Å². The Morgan fingerprint density at radius 3 is 2.62 bits per heavy atom. The van der Waals surface area contributed by atoms with E-state index >= 15 is 0 Å². The average Bonchev–Trinajstić information content (AvgIpc) is 2.51. The Labute approximate surface area is 101 Å². The molecule has 0 aliphatic carbocycles. The number of aromatic carboxylic acids is 1. The lowest BCUT2D eigenvalue weighted by Crippen LogP contribution is -2.10. The largest absolute Gasteiger partial charge is 0.478 e. The summed E-state index contributed by atoms with van der Waals surface area (Å²) in [6.07, 6.45) is 3.15. The fraction of sp³-hybridized carbons (Fsp3) is 0.583. The maximum absolute atomic E-state index is 11.0. The van der Waals surface area contributed by atoms with Gasteiger partial charge in [0.1, 0.15) is 0 Å². The second-order valence-corrected chi connectivity index (χ2v) is 5.08. The highest BCUT2D eigenvalue weighted by atomic mass is 32.2. The molecular weight excluding hydrogens is 222 g/mol. The van der Waals surface area contributed by atoms with Crippen LogP contribution in [0.25, 0.3) is 0 Å². The predicted molar refractivity (Wildman–Crippen MR) is 68.6 cm³/mol. The molecule has 1 N–H and O–H groups in total. The summed E-state index contributed by atoms with van der Waals surface area (Å²) in [4.78, 5) is 11.0. The summed E-state index contributed by atoms with van der Waals surface area (Å²) in [5.74, 6) is 0.261. The molecule has 1 rings (SSSR count). The fourth-order valence-electron chi connectivity index (χ4n) is 2.09. The van der Waals surface area contributed by atoms with Gasteiger partial charge in [0.15, 0.2) is 0 Å². The number of carboxylic acid groups (broad SMARTS) is 1. The molecule has 3 nitrogen and oxygen atoms in total. The Morgan fingerprint density at radius 2 is 2.19 bits per heavy atom. The number of aromatic nitrogens is 1. The first-order valence-corrected chi connectivity index (χ1v) is 6.79. The van der Waals surface area contributed by atoms with Crippen molar-refractivity contribution in [2.24, 2.45) is 0 Å². The molecule has 90 valence electrons. The minimum atomic E-state index is -0.837. The molecule has 0 spiro atoms. The van der Waals surface area contributed by atoms with Crippen molar-refractivity contribution >= 4 is 17.7 Å². The highest BCUT2D eigenvalue weighted by Crippen LogP contribution is 2.23. The zero-order valence-corrected chi connectivity index (χ0v) is 11.1. The number of aryl methyl sites for hydroxylation is 1. The third-order valence-electron chi connectivity index (χ3n) is 2.90. The van der Waals surface area contributed by atoms with E-state index in [0.29, 0.717) is 11.6 Å². The number of carbonyl (C=O) groups is 1. The molecule has 0 bridgehead atoms. The molecule has 0 saturated heterocycles. The second kappa shape index (κ2) is 5.43. The number of hydrogen-bond donors (Lipinski definition) is 1. The van der Waals surface area contributed by atoms with E-state index in [4.69, 9.17) is 5.11 Å². The quantitative estimate of drug-likeness (QED) is 0.861. The molecule has 4 heteroatoms. The van der Waals surface area contributed by atoms with Crippen LogP contribution in [0.4, 0.5) is 0 Å². The molecule has 16 heavy (non-hydrogen) atoms. The lowest BCUT2D eigenvalue weighted by molar-refractivity contribution is 0.0696. The van der Waals surface area contributed by atoms with E-state index in [1.807, 2.05) is 25.6 Å². The van der Waals surface area contributed by atoms with Gasteiger partial charge in [0.2, 0.25) is 0 Å². The van der Waals surface area contributed by atoms with E-state index in [-0.39, 0.29) is 0 Å². The predicted octanol–water partition coefficient (Wildman–Crippen LogP) is 3.12. The second-order valence-electron chi connectivity index (χ2n) is 4.09. The van der Waals surface area contributed by atoms with E-state index in [9.17, 15) is 4.79 Å². The monoisotopic (exact) mass is 241 g/mol. The molecule has 1 unspecified atom stereocenters. The van der Waals surface area contributed by atoms with E-state index in [1.54, 1.807) is 6.07 Å². The van der Waals surface area contributed by atoms with Gasteiger partial charge in [0.05, 0.1) is 5.56 Å². The van der Waals surface area contributed by atoms with Crippen molar-refractivity contribution in [2.45, 2.75) is 33.2 Å². The molecular formula is C12H19NO2S. The number of rotatable bonds is 5. The zero-order valence-electron chi connectivity index (χ0n) is 10.3. The van der Waals surface area contributed by atoms with Gasteiger partial charge in [-0.1, -0.05) is 0 Å². The molecule has 1 aromatic rings. The van der Waals surface area contributed by atoms with Crippen molar-refractivity contribution in [3.05, 3.63) is 23.0 Å². The van der Waals surface area contributed by atoms with Crippen LogP contribution in [0.5, 0.6) is 0 Å². The van der Waals surface area contributed by atoms with Gasteiger partial charge in [-0.05, 0) is 45.3 Å². The summed E-state index contributed by atoms with van der Waals surface area (Å²) in [7, 11) is 0. The van der Waals surface area contributed by atoms with Gasteiger partial charge in [-0.15, -0.1) is 0 Å². The van der Waals surface area contributed by atoms with Crippen LogP contribution in [-0.2, 0) is 0 Å². The van der Waals surface area contributed by atoms with E-state index in [2.05, 4.69) is 17.7 Å². The van der Waals surface area contributed by atoms with Gasteiger partial charge in [-0.2, -0.15) is 11.8 Å². The summed E-state index contributed by atoms with van der Waals surface area (Å²) in [5, 5.41) is 9.04. The van der Waals surface area contributed by atoms with Crippen LogP contribution < -0.4 is 0 Å². The van der Waals surface area contributed by atoms with Gasteiger partial charge in [0, 0.05) is 17.4 Å². The Morgan fingerprint density at radius 1 is 1.56 bits per heavy atom. The van der Waals surface area contributed by atoms with Crippen molar-refractivity contribution < 1.29 is 9.90 Å². The summed E-state index contributed by atoms with van der Waals surface area (Å²) in [5.41, 5.74) is 2.32. The third kappa shape index (κ3) is 2.61. The first-order chi connectivity index (χ1) is 7.49. The third-order valence-corrected chi connectivity index (χ3v) is 3.54. The van der Waals surface area contributed by atoms with Crippen molar-refractivity contribution in [3.63, 3.8) is 0 Å². The van der Waals surface area contributed by atoms with Crippen LogP contribution in [0.15, 0.2) is 6.07 Å². The molecule has 0 saturated carbocycles. The van der Waals surface area contributed by atoms with Crippen LogP contribution in [0.1, 0.15) is 41.1 Å². The lowest BCUT2D eigenvalue weighted by Gasteiger charge is -2.18.